The van der Waals surface area contributed by atoms with Crippen molar-refractivity contribution in [2.45, 2.75) is 60.4 Å². The maximum Gasteiger partial charge on any atom is 0.278 e. The fraction of sp³-hybridized carbons (Fsp3) is 0.231. The number of anilines is 4. The Balaban J connectivity index is 1.27. The molecule has 0 aliphatic heterocycles. The molecule has 4 amide bonds. The molecule has 6 aromatic heterocycles. The van der Waals surface area contributed by atoms with E-state index in [1.165, 1.54) is 16.9 Å². The van der Waals surface area contributed by atoms with E-state index in [2.05, 4.69) is 41.1 Å². The molecule has 0 unspecified atom stereocenters. The van der Waals surface area contributed by atoms with Crippen LogP contribution in [0, 0.1) is 13.8 Å². The number of primary amides is 2. The van der Waals surface area contributed by atoms with Crippen molar-refractivity contribution in [1.82, 2.24) is 48.6 Å². The number of carbonyl (C=O) groups is 4. The van der Waals surface area contributed by atoms with Gasteiger partial charge in [-0.1, -0.05) is 18.2 Å². The van der Waals surface area contributed by atoms with Crippen molar-refractivity contribution in [1.29, 1.82) is 0 Å². The van der Waals surface area contributed by atoms with Gasteiger partial charge in [-0.3, -0.25) is 48.7 Å². The summed E-state index contributed by atoms with van der Waals surface area (Å²) in [5.41, 5.74) is 22.9. The van der Waals surface area contributed by atoms with Crippen molar-refractivity contribution in [3.63, 3.8) is 0 Å². The normalized spacial score (nSPS) is 11.5. The summed E-state index contributed by atoms with van der Waals surface area (Å²) in [5, 5.41) is 17.9. The zero-order chi connectivity index (χ0) is 42.0. The smallest absolute Gasteiger partial charge is 0.278 e. The number of hydrogen-bond donors (Lipinski definition) is 6. The SMILES string of the molecule is CCn1nc(C)cc1C(=O)Nc1nc2cc(C(N)=O)cc(NCc3cccnc3)c2n1C/C=C/Cn1c(NC(=O)c2c(N)c(C)nn2CC)nc2cc(C(N)=O)cnc21. The average molecular weight is 799 g/mol. The Hall–Kier alpha value is -7.90. The van der Waals surface area contributed by atoms with Gasteiger partial charge in [0.05, 0.1) is 39.4 Å². The molecule has 20 nitrogen and oxygen atoms in total. The van der Waals surface area contributed by atoms with E-state index in [4.69, 9.17) is 22.2 Å². The molecule has 20 heteroatoms. The van der Waals surface area contributed by atoms with Crippen LogP contribution in [0.2, 0.25) is 0 Å². The van der Waals surface area contributed by atoms with Gasteiger partial charge in [-0.15, -0.1) is 0 Å². The van der Waals surface area contributed by atoms with Crippen LogP contribution in [0.15, 0.2) is 67.1 Å². The first-order valence-electron chi connectivity index (χ1n) is 18.6. The second-order valence-corrected chi connectivity index (χ2v) is 13.5. The van der Waals surface area contributed by atoms with Crippen LogP contribution in [0.4, 0.5) is 23.3 Å². The highest BCUT2D eigenvalue weighted by Crippen LogP contribution is 2.30. The first-order chi connectivity index (χ1) is 28.4. The van der Waals surface area contributed by atoms with Gasteiger partial charge in [-0.2, -0.15) is 10.2 Å². The van der Waals surface area contributed by atoms with Crippen LogP contribution in [-0.2, 0) is 32.7 Å². The number of imidazole rings is 2. The fourth-order valence-corrected chi connectivity index (χ4v) is 6.65. The number of nitrogens with zero attached hydrogens (tertiary/aromatic N) is 10. The molecule has 0 spiro atoms. The summed E-state index contributed by atoms with van der Waals surface area (Å²) in [7, 11) is 0. The fourth-order valence-electron chi connectivity index (χ4n) is 6.65. The Morgan fingerprint density at radius 2 is 1.47 bits per heavy atom. The van der Waals surface area contributed by atoms with E-state index in [0.717, 1.165) is 5.56 Å². The summed E-state index contributed by atoms with van der Waals surface area (Å²) in [5.74, 6) is -1.97. The molecule has 0 fully saturated rings. The van der Waals surface area contributed by atoms with Gasteiger partial charge in [0.25, 0.3) is 11.8 Å². The number of fused-ring (bicyclic) bond motifs is 2. The van der Waals surface area contributed by atoms with Crippen LogP contribution in [0.1, 0.15) is 72.5 Å². The number of pyridine rings is 2. The Morgan fingerprint density at radius 3 is 2.17 bits per heavy atom. The van der Waals surface area contributed by atoms with Gasteiger partial charge >= 0.3 is 0 Å². The van der Waals surface area contributed by atoms with Gasteiger partial charge in [0.2, 0.25) is 23.7 Å². The lowest BCUT2D eigenvalue weighted by Crippen LogP contribution is -2.21. The van der Waals surface area contributed by atoms with E-state index >= 15 is 0 Å². The van der Waals surface area contributed by atoms with Gasteiger partial charge in [-0.05, 0) is 63.6 Å². The van der Waals surface area contributed by atoms with Crippen LogP contribution < -0.4 is 33.2 Å². The number of benzene rings is 1. The highest BCUT2D eigenvalue weighted by atomic mass is 16.2. The van der Waals surface area contributed by atoms with Gasteiger partial charge in [0.1, 0.15) is 16.9 Å². The summed E-state index contributed by atoms with van der Waals surface area (Å²) < 4.78 is 6.56. The standard InChI is InChI=1S/C39H42N16O4/c1-5-54-29(14-21(3)50-54)36(58)48-38-46-27-16-24(33(41)56)15-26(44-19-23-10-9-11-43-18-23)31(27)52(38)12-7-8-13-53-35-28(17-25(20-45-35)34(42)57)47-39(53)49-37(59)32-30(40)22(4)51-55(32)6-2/h7-11,14-18,20,44H,5-6,12-13,19,40H2,1-4H3,(H2,41,56)(H2,42,57)(H,46,48,58)(H,47,49,59)/b8-7+. The second-order valence-electron chi connectivity index (χ2n) is 13.5. The molecule has 0 aliphatic rings. The lowest BCUT2D eigenvalue weighted by atomic mass is 10.1. The molecule has 0 radical (unpaired) electrons. The molecule has 59 heavy (non-hydrogen) atoms. The molecule has 0 saturated carbocycles. The number of nitrogen functional groups attached to an aromatic ring is 1. The number of allylic oxidation sites excluding steroid dienone is 2. The second kappa shape index (κ2) is 16.3. The van der Waals surface area contributed by atoms with Crippen LogP contribution in [0.3, 0.4) is 0 Å². The molecule has 7 aromatic rings. The summed E-state index contributed by atoms with van der Waals surface area (Å²) >= 11 is 0. The van der Waals surface area contributed by atoms with Crippen molar-refractivity contribution in [3.05, 3.63) is 107 Å². The quantitative estimate of drug-likeness (QED) is 0.0815. The van der Waals surface area contributed by atoms with Crippen LogP contribution in [0.5, 0.6) is 0 Å². The maximum absolute atomic E-state index is 13.7. The number of hydrogen-bond acceptors (Lipinski definition) is 12. The predicted octanol–water partition coefficient (Wildman–Crippen LogP) is 3.38. The first-order valence-corrected chi connectivity index (χ1v) is 18.6. The van der Waals surface area contributed by atoms with Crippen LogP contribution in [0.25, 0.3) is 22.2 Å². The topological polar surface area (TPSA) is 279 Å². The van der Waals surface area contributed by atoms with Crippen LogP contribution >= 0.6 is 0 Å². The van der Waals surface area contributed by atoms with E-state index in [0.29, 0.717) is 64.6 Å². The first kappa shape index (κ1) is 39.3. The number of nitrogens with one attached hydrogen (secondary N) is 3. The predicted molar refractivity (Wildman–Crippen MR) is 221 cm³/mol. The zero-order valence-corrected chi connectivity index (χ0v) is 32.7. The summed E-state index contributed by atoms with van der Waals surface area (Å²) in [4.78, 5) is 69.9. The molecule has 0 bridgehead atoms. The zero-order valence-electron chi connectivity index (χ0n) is 32.7. The minimum atomic E-state index is -0.684. The summed E-state index contributed by atoms with van der Waals surface area (Å²) in [6, 6.07) is 10.1. The third-order valence-corrected chi connectivity index (χ3v) is 9.52. The number of rotatable bonds is 15. The average Bonchev–Trinajstić information content (AvgIpc) is 3.96. The molecule has 0 atom stereocenters. The lowest BCUT2D eigenvalue weighted by Gasteiger charge is -2.13. The Morgan fingerprint density at radius 1 is 0.797 bits per heavy atom. The highest BCUT2D eigenvalue weighted by molar-refractivity contribution is 6.07. The van der Waals surface area contributed by atoms with Crippen LogP contribution in [-0.4, -0.2) is 72.3 Å². The third kappa shape index (κ3) is 7.90. The largest absolute Gasteiger partial charge is 0.395 e. The summed E-state index contributed by atoms with van der Waals surface area (Å²) in [6.07, 6.45) is 8.40. The van der Waals surface area contributed by atoms with Crippen molar-refractivity contribution in [2.24, 2.45) is 11.5 Å². The van der Waals surface area contributed by atoms with Gasteiger partial charge in [0, 0.05) is 56.9 Å². The van der Waals surface area contributed by atoms with Crippen molar-refractivity contribution in [2.75, 3.05) is 21.7 Å². The van der Waals surface area contributed by atoms with Crippen molar-refractivity contribution in [3.8, 4) is 0 Å². The minimum absolute atomic E-state index is 0.134. The molecule has 1 aromatic carbocycles. The number of amides is 4. The van der Waals surface area contributed by atoms with E-state index in [1.54, 1.807) is 58.3 Å². The van der Waals surface area contributed by atoms with Crippen molar-refractivity contribution >= 4 is 69.1 Å². The molecule has 6 heterocycles. The van der Waals surface area contributed by atoms with E-state index < -0.39 is 23.6 Å². The Labute approximate surface area is 336 Å². The van der Waals surface area contributed by atoms with Gasteiger partial charge in [-0.25, -0.2) is 15.0 Å². The third-order valence-electron chi connectivity index (χ3n) is 9.52. The van der Waals surface area contributed by atoms with Crippen molar-refractivity contribution < 1.29 is 19.2 Å². The molecular formula is C39H42N16O4. The van der Waals surface area contributed by atoms with E-state index in [1.807, 2.05) is 38.1 Å². The molecule has 7 rings (SSSR count). The number of nitrogens with two attached hydrogens (primary N) is 3. The number of carbonyl (C=O) groups excluding carboxylic acids is 4. The van der Waals surface area contributed by atoms with Gasteiger partial charge < -0.3 is 27.1 Å². The van der Waals surface area contributed by atoms with Gasteiger partial charge in [0.15, 0.2) is 5.65 Å². The highest BCUT2D eigenvalue weighted by Gasteiger charge is 2.24. The molecule has 0 aliphatic carbocycles. The molecule has 302 valence electrons. The van der Waals surface area contributed by atoms with E-state index in [-0.39, 0.29) is 47.5 Å². The summed E-state index contributed by atoms with van der Waals surface area (Å²) in [6.45, 7) is 8.81. The Kier molecular flexibility index (Phi) is 10.9. The molecule has 9 N–H and O–H groups in total. The monoisotopic (exact) mass is 798 g/mol. The lowest BCUT2D eigenvalue weighted by molar-refractivity contribution is 0.0992. The maximum atomic E-state index is 13.7. The Bertz CT molecular complexity index is 2790. The minimum Gasteiger partial charge on any atom is -0.395 e. The molecule has 0 saturated heterocycles. The van der Waals surface area contributed by atoms with E-state index in [9.17, 15) is 19.2 Å². The number of aromatic nitrogens is 10. The number of aryl methyl sites for hydroxylation is 4. The molecular weight excluding hydrogens is 757 g/mol.